The number of aromatic carboxylic acids is 1. The molecule has 2 aromatic carbocycles. The van der Waals surface area contributed by atoms with Crippen molar-refractivity contribution in [3.05, 3.63) is 102 Å². The first-order valence-electron chi connectivity index (χ1n) is 11.0. The number of thiazole rings is 2. The van der Waals surface area contributed by atoms with Crippen molar-refractivity contribution in [1.82, 2.24) is 9.97 Å². The number of rotatable bonds is 8. The molecule has 9 heteroatoms. The van der Waals surface area contributed by atoms with Gasteiger partial charge in [-0.1, -0.05) is 18.2 Å². The molecule has 184 valence electrons. The lowest BCUT2D eigenvalue weighted by atomic mass is 10.1. The molecule has 0 aliphatic heterocycles. The van der Waals surface area contributed by atoms with Gasteiger partial charge < -0.3 is 10.2 Å². The van der Waals surface area contributed by atoms with Crippen LogP contribution in [0.2, 0.25) is 0 Å². The van der Waals surface area contributed by atoms with E-state index in [1.807, 2.05) is 30.7 Å². The SMILES string of the molecule is Cc1nc(CCc2ccc(C(=O)O)c(F)c2)cs1.Cc1nc(CCc2ccc(CO)c(F)c2)cs1. The van der Waals surface area contributed by atoms with Crippen molar-refractivity contribution >= 4 is 28.6 Å². The van der Waals surface area contributed by atoms with Gasteiger partial charge in [-0.05, 0) is 68.9 Å². The molecular weight excluding hydrogens is 490 g/mol. The molecule has 0 spiro atoms. The van der Waals surface area contributed by atoms with Crippen LogP contribution in [0.1, 0.15) is 48.5 Å². The molecule has 0 saturated heterocycles. The van der Waals surface area contributed by atoms with Crippen molar-refractivity contribution in [3.8, 4) is 0 Å². The predicted molar refractivity (Wildman–Crippen MR) is 134 cm³/mol. The third-order valence-corrected chi connectivity index (χ3v) is 6.87. The molecular formula is C26H26F2N2O3S2. The van der Waals surface area contributed by atoms with E-state index in [-0.39, 0.29) is 18.0 Å². The summed E-state index contributed by atoms with van der Waals surface area (Å²) in [7, 11) is 0. The van der Waals surface area contributed by atoms with Crippen LogP contribution in [0.5, 0.6) is 0 Å². The van der Waals surface area contributed by atoms with Gasteiger partial charge >= 0.3 is 5.97 Å². The smallest absolute Gasteiger partial charge is 0.338 e. The van der Waals surface area contributed by atoms with Gasteiger partial charge in [-0.15, -0.1) is 22.7 Å². The maximum Gasteiger partial charge on any atom is 0.338 e. The largest absolute Gasteiger partial charge is 0.478 e. The summed E-state index contributed by atoms with van der Waals surface area (Å²) in [5.74, 6) is -2.26. The number of aromatic nitrogens is 2. The van der Waals surface area contributed by atoms with E-state index in [4.69, 9.17) is 10.2 Å². The highest BCUT2D eigenvalue weighted by molar-refractivity contribution is 7.09. The van der Waals surface area contributed by atoms with E-state index in [2.05, 4.69) is 9.97 Å². The van der Waals surface area contributed by atoms with Crippen LogP contribution in [0, 0.1) is 25.5 Å². The van der Waals surface area contributed by atoms with E-state index in [9.17, 15) is 13.6 Å². The summed E-state index contributed by atoms with van der Waals surface area (Å²) in [6.45, 7) is 3.66. The number of aryl methyl sites for hydroxylation is 6. The second kappa shape index (κ2) is 12.6. The van der Waals surface area contributed by atoms with Crippen molar-refractivity contribution in [1.29, 1.82) is 0 Å². The Morgan fingerprint density at radius 2 is 1.34 bits per heavy atom. The molecule has 0 saturated carbocycles. The zero-order valence-corrected chi connectivity index (χ0v) is 21.1. The van der Waals surface area contributed by atoms with Crippen molar-refractivity contribution in [3.63, 3.8) is 0 Å². The lowest BCUT2D eigenvalue weighted by Crippen LogP contribution is -2.01. The highest BCUT2D eigenvalue weighted by Crippen LogP contribution is 2.16. The molecule has 0 unspecified atom stereocenters. The van der Waals surface area contributed by atoms with Gasteiger partial charge in [0.2, 0.25) is 0 Å². The fourth-order valence-electron chi connectivity index (χ4n) is 3.35. The summed E-state index contributed by atoms with van der Waals surface area (Å²) in [5.41, 5.74) is 3.81. The van der Waals surface area contributed by atoms with Crippen LogP contribution in [-0.2, 0) is 32.3 Å². The Balaban J connectivity index is 0.000000196. The van der Waals surface area contributed by atoms with Crippen LogP contribution in [0.3, 0.4) is 0 Å². The molecule has 0 amide bonds. The Morgan fingerprint density at radius 3 is 1.74 bits per heavy atom. The van der Waals surface area contributed by atoms with E-state index in [0.29, 0.717) is 12.0 Å². The van der Waals surface area contributed by atoms with Crippen LogP contribution in [0.15, 0.2) is 47.2 Å². The Bertz CT molecular complexity index is 1290. The number of carbonyl (C=O) groups is 1. The summed E-state index contributed by atoms with van der Waals surface area (Å²) in [5, 5.41) is 23.7. The number of aliphatic hydroxyl groups is 1. The van der Waals surface area contributed by atoms with Gasteiger partial charge in [0.25, 0.3) is 0 Å². The highest BCUT2D eigenvalue weighted by atomic mass is 32.1. The molecule has 0 bridgehead atoms. The normalized spacial score (nSPS) is 10.7. The zero-order valence-electron chi connectivity index (χ0n) is 19.4. The predicted octanol–water partition coefficient (Wildman–Crippen LogP) is 5.94. The van der Waals surface area contributed by atoms with Gasteiger partial charge in [-0.3, -0.25) is 0 Å². The van der Waals surface area contributed by atoms with E-state index in [0.717, 1.165) is 51.8 Å². The van der Waals surface area contributed by atoms with Gasteiger partial charge in [0, 0.05) is 16.3 Å². The van der Waals surface area contributed by atoms with Crippen molar-refractivity contribution in [2.75, 3.05) is 0 Å². The minimum atomic E-state index is -1.24. The summed E-state index contributed by atoms with van der Waals surface area (Å²) in [6, 6.07) is 9.21. The number of benzene rings is 2. The number of nitrogens with zero attached hydrogens (tertiary/aromatic N) is 2. The van der Waals surface area contributed by atoms with E-state index in [1.165, 1.54) is 18.2 Å². The van der Waals surface area contributed by atoms with Gasteiger partial charge in [0.1, 0.15) is 11.6 Å². The van der Waals surface area contributed by atoms with Crippen LogP contribution in [0.25, 0.3) is 0 Å². The number of halogens is 2. The summed E-state index contributed by atoms with van der Waals surface area (Å²) in [4.78, 5) is 19.4. The fraction of sp³-hybridized carbons (Fsp3) is 0.269. The molecule has 4 aromatic rings. The molecule has 5 nitrogen and oxygen atoms in total. The van der Waals surface area contributed by atoms with Crippen LogP contribution < -0.4 is 0 Å². The molecule has 35 heavy (non-hydrogen) atoms. The monoisotopic (exact) mass is 516 g/mol. The molecule has 0 fully saturated rings. The first-order valence-corrected chi connectivity index (χ1v) is 12.7. The van der Waals surface area contributed by atoms with Crippen LogP contribution >= 0.6 is 22.7 Å². The summed E-state index contributed by atoms with van der Waals surface area (Å²) >= 11 is 3.22. The topological polar surface area (TPSA) is 83.3 Å². The molecule has 2 aromatic heterocycles. The minimum absolute atomic E-state index is 0.253. The number of hydrogen-bond donors (Lipinski definition) is 2. The number of carboxylic acid groups (broad SMARTS) is 1. The van der Waals surface area contributed by atoms with Crippen LogP contribution in [0.4, 0.5) is 8.78 Å². The summed E-state index contributed by atoms with van der Waals surface area (Å²) < 4.78 is 26.8. The highest BCUT2D eigenvalue weighted by Gasteiger charge is 2.10. The number of carboxylic acids is 1. The van der Waals surface area contributed by atoms with Crippen LogP contribution in [-0.4, -0.2) is 26.2 Å². The van der Waals surface area contributed by atoms with Gasteiger partial charge in [0.15, 0.2) is 0 Å². The number of hydrogen-bond acceptors (Lipinski definition) is 6. The summed E-state index contributed by atoms with van der Waals surface area (Å²) in [6.07, 6.45) is 2.98. The lowest BCUT2D eigenvalue weighted by molar-refractivity contribution is 0.0692. The van der Waals surface area contributed by atoms with Gasteiger partial charge in [-0.25, -0.2) is 23.5 Å². The molecule has 0 aliphatic carbocycles. The molecule has 2 N–H and O–H groups in total. The zero-order chi connectivity index (χ0) is 25.4. The Kier molecular flexibility index (Phi) is 9.59. The molecule has 0 aliphatic rings. The average molecular weight is 517 g/mol. The van der Waals surface area contributed by atoms with Crippen molar-refractivity contribution in [2.45, 2.75) is 46.1 Å². The van der Waals surface area contributed by atoms with Gasteiger partial charge in [-0.2, -0.15) is 0 Å². The lowest BCUT2D eigenvalue weighted by Gasteiger charge is -2.03. The Morgan fingerprint density at radius 1 is 0.829 bits per heavy atom. The Hall–Kier alpha value is -3.01. The molecule has 2 heterocycles. The van der Waals surface area contributed by atoms with E-state index >= 15 is 0 Å². The van der Waals surface area contributed by atoms with E-state index < -0.39 is 11.8 Å². The first kappa shape index (κ1) is 26.6. The number of aliphatic hydroxyl groups excluding tert-OH is 1. The molecule has 0 radical (unpaired) electrons. The maximum absolute atomic E-state index is 13.4. The second-order valence-electron chi connectivity index (χ2n) is 7.92. The standard InChI is InChI=1S/C13H12FNO2S.C13H14FNOS/c1-8-15-10(7-18-8)4-2-9-3-5-11(13(16)17)12(14)6-9;1-9-15-12(8-17-9)5-3-10-2-4-11(7-16)13(14)6-10/h3,5-7H,2,4H2,1H3,(H,16,17);2,4,6,8,16H,3,5,7H2,1H3. The van der Waals surface area contributed by atoms with Crippen molar-refractivity contribution < 1.29 is 23.8 Å². The van der Waals surface area contributed by atoms with Crippen molar-refractivity contribution in [2.24, 2.45) is 0 Å². The third kappa shape index (κ3) is 8.02. The van der Waals surface area contributed by atoms with E-state index in [1.54, 1.807) is 34.8 Å². The third-order valence-electron chi connectivity index (χ3n) is 5.22. The second-order valence-corrected chi connectivity index (χ2v) is 10.0. The fourth-order valence-corrected chi connectivity index (χ4v) is 4.65. The molecule has 4 rings (SSSR count). The minimum Gasteiger partial charge on any atom is -0.478 e. The molecule has 0 atom stereocenters. The maximum atomic E-state index is 13.4. The Labute approximate surface area is 210 Å². The quantitative estimate of drug-likeness (QED) is 0.303. The first-order chi connectivity index (χ1) is 16.7. The van der Waals surface area contributed by atoms with Gasteiger partial charge in [0.05, 0.1) is 33.6 Å². The average Bonchev–Trinajstić information content (AvgIpc) is 3.44.